The van der Waals surface area contributed by atoms with E-state index in [2.05, 4.69) is 87.8 Å². The van der Waals surface area contributed by atoms with Gasteiger partial charge in [-0.2, -0.15) is 0 Å². The molecule has 2 N–H and O–H groups in total. The Morgan fingerprint density at radius 1 is 1.15 bits per heavy atom. The smallest absolute Gasteiger partial charge is 0.305 e. The maximum absolute atomic E-state index is 12.3. The lowest BCUT2D eigenvalue weighted by Crippen LogP contribution is -2.43. The normalized spacial score (nSPS) is 22.3. The first-order valence-corrected chi connectivity index (χ1v) is 18.5. The summed E-state index contributed by atoms with van der Waals surface area (Å²) in [7, 11) is -2.04. The zero-order chi connectivity index (χ0) is 30.5. The Bertz CT molecular complexity index is 985. The second kappa shape index (κ2) is 17.0. The van der Waals surface area contributed by atoms with E-state index in [0.717, 1.165) is 25.7 Å². The van der Waals surface area contributed by atoms with Crippen molar-refractivity contribution in [1.82, 2.24) is 5.32 Å². The molecule has 1 saturated carbocycles. The molecule has 2 rings (SSSR count). The number of ether oxygens (including phenoxy) is 1. The van der Waals surface area contributed by atoms with Crippen molar-refractivity contribution >= 4 is 20.2 Å². The molecule has 0 saturated heterocycles. The number of esters is 1. The van der Waals surface area contributed by atoms with E-state index in [1.165, 1.54) is 5.56 Å². The highest BCUT2D eigenvalue weighted by atomic mass is 28.4. The van der Waals surface area contributed by atoms with Gasteiger partial charge in [0.1, 0.15) is 6.10 Å². The molecule has 1 aliphatic rings. The van der Waals surface area contributed by atoms with Crippen LogP contribution in [0.25, 0.3) is 0 Å². The highest BCUT2D eigenvalue weighted by Gasteiger charge is 2.43. The number of unbranched alkanes of at least 4 members (excludes halogenated alkanes) is 1. The number of aliphatic hydroxyl groups is 1. The third-order valence-electron chi connectivity index (χ3n) is 8.55. The summed E-state index contributed by atoms with van der Waals surface area (Å²) >= 11 is 0. The number of amides is 1. The van der Waals surface area contributed by atoms with E-state index in [-0.39, 0.29) is 41.0 Å². The van der Waals surface area contributed by atoms with E-state index in [1.54, 1.807) is 6.92 Å². The number of nitrogens with one attached hydrogen (secondary N) is 1. The summed E-state index contributed by atoms with van der Waals surface area (Å²) in [5.74, 6) is -0.300. The van der Waals surface area contributed by atoms with Gasteiger partial charge in [-0.15, -0.1) is 0 Å². The lowest BCUT2D eigenvalue weighted by atomic mass is 9.89. The van der Waals surface area contributed by atoms with Crippen LogP contribution in [-0.2, 0) is 25.2 Å². The van der Waals surface area contributed by atoms with Crippen LogP contribution in [0.2, 0.25) is 18.1 Å². The molecule has 1 aromatic carbocycles. The van der Waals surface area contributed by atoms with Gasteiger partial charge in [-0.1, -0.05) is 82.3 Å². The van der Waals surface area contributed by atoms with Crippen molar-refractivity contribution in [3.63, 3.8) is 0 Å². The number of allylic oxidation sites excluding steroid dienone is 2. The van der Waals surface area contributed by atoms with Crippen LogP contribution in [0.3, 0.4) is 0 Å². The monoisotopic (exact) mass is 585 g/mol. The molecule has 1 aromatic rings. The SMILES string of the molecule is CCNC(=O)CCCC=CC[C@@H]1[C@@H](C=C[C@H](CCc2ccccc2)O[Si](C)(C)C(C)(C)C)[C@H](OC(=O)CC)C[C@@H]1O. The minimum absolute atomic E-state index is 0.0526. The molecule has 0 unspecified atom stereocenters. The molecule has 0 heterocycles. The third kappa shape index (κ3) is 11.9. The number of benzene rings is 1. The topological polar surface area (TPSA) is 84.9 Å². The highest BCUT2D eigenvalue weighted by molar-refractivity contribution is 6.74. The Balaban J connectivity index is 2.20. The van der Waals surface area contributed by atoms with Gasteiger partial charge in [0.15, 0.2) is 8.32 Å². The standard InChI is InChI=1S/C34H55NO5Si/c1-8-33(38)39-31-25-30(36)28(19-15-10-11-16-20-32(37)35-9-2)29(31)24-23-27(40-41(6,7)34(3,4)5)22-21-26-17-13-12-14-18-26/h10,12-15,17-18,23-24,27-31,36H,8-9,11,16,19-22,25H2,1-7H3,(H,35,37)/t27-,28+,29+,30-,31+/m0/s1. The average Bonchev–Trinajstić information content (AvgIpc) is 3.20. The predicted octanol–water partition coefficient (Wildman–Crippen LogP) is 7.14. The molecule has 1 amide bonds. The van der Waals surface area contributed by atoms with Gasteiger partial charge in [-0.3, -0.25) is 9.59 Å². The van der Waals surface area contributed by atoms with Crippen LogP contribution in [0.1, 0.15) is 85.1 Å². The first kappa shape index (κ1) is 35.0. The van der Waals surface area contributed by atoms with Gasteiger partial charge in [0, 0.05) is 31.7 Å². The first-order chi connectivity index (χ1) is 19.4. The summed E-state index contributed by atoms with van der Waals surface area (Å²) in [5.41, 5.74) is 1.28. The lowest BCUT2D eigenvalue weighted by molar-refractivity contribution is -0.150. The molecule has 1 aliphatic carbocycles. The van der Waals surface area contributed by atoms with Crippen molar-refractivity contribution in [1.29, 1.82) is 0 Å². The summed E-state index contributed by atoms with van der Waals surface area (Å²) in [6, 6.07) is 10.5. The fourth-order valence-corrected chi connectivity index (χ4v) is 6.36. The molecule has 5 atom stereocenters. The summed E-state index contributed by atoms with van der Waals surface area (Å²) in [6.07, 6.45) is 12.9. The first-order valence-electron chi connectivity index (χ1n) is 15.6. The summed E-state index contributed by atoms with van der Waals surface area (Å²) in [6.45, 7) is 15.7. The van der Waals surface area contributed by atoms with Crippen LogP contribution >= 0.6 is 0 Å². The Hall–Kier alpha value is -2.22. The minimum atomic E-state index is -2.04. The second-order valence-electron chi connectivity index (χ2n) is 12.8. The molecule has 0 bridgehead atoms. The van der Waals surface area contributed by atoms with E-state index in [1.807, 2.05) is 13.0 Å². The van der Waals surface area contributed by atoms with Crippen molar-refractivity contribution in [3.8, 4) is 0 Å². The van der Waals surface area contributed by atoms with Crippen LogP contribution in [-0.4, -0.2) is 50.2 Å². The Morgan fingerprint density at radius 3 is 2.49 bits per heavy atom. The Labute approximate surface area is 250 Å². The second-order valence-corrected chi connectivity index (χ2v) is 17.6. The quantitative estimate of drug-likeness (QED) is 0.0932. The molecular formula is C34H55NO5Si. The van der Waals surface area contributed by atoms with Crippen LogP contribution < -0.4 is 5.32 Å². The van der Waals surface area contributed by atoms with E-state index >= 15 is 0 Å². The summed E-state index contributed by atoms with van der Waals surface area (Å²) < 4.78 is 12.7. The molecule has 0 aliphatic heterocycles. The molecule has 6 nitrogen and oxygen atoms in total. The van der Waals surface area contributed by atoms with Gasteiger partial charge < -0.3 is 19.6 Å². The molecule has 230 valence electrons. The molecule has 0 aromatic heterocycles. The molecule has 0 radical (unpaired) electrons. The van der Waals surface area contributed by atoms with Crippen LogP contribution in [0.15, 0.2) is 54.6 Å². The van der Waals surface area contributed by atoms with Crippen molar-refractivity contribution in [2.24, 2.45) is 11.8 Å². The molecule has 41 heavy (non-hydrogen) atoms. The van der Waals surface area contributed by atoms with Crippen LogP contribution in [0.5, 0.6) is 0 Å². The van der Waals surface area contributed by atoms with Gasteiger partial charge in [-0.05, 0) is 68.6 Å². The van der Waals surface area contributed by atoms with Gasteiger partial charge >= 0.3 is 5.97 Å². The van der Waals surface area contributed by atoms with Gasteiger partial charge in [0.05, 0.1) is 12.2 Å². The largest absolute Gasteiger partial charge is 0.462 e. The number of rotatable bonds is 16. The number of carbonyl (C=O) groups excluding carboxylic acids is 2. The number of hydrogen-bond acceptors (Lipinski definition) is 5. The fraction of sp³-hybridized carbons (Fsp3) is 0.647. The van der Waals surface area contributed by atoms with Gasteiger partial charge in [0.2, 0.25) is 5.91 Å². The van der Waals surface area contributed by atoms with E-state index in [9.17, 15) is 14.7 Å². The zero-order valence-corrected chi connectivity index (χ0v) is 27.5. The average molecular weight is 586 g/mol. The summed E-state index contributed by atoms with van der Waals surface area (Å²) in [4.78, 5) is 24.0. The maximum atomic E-state index is 12.3. The van der Waals surface area contributed by atoms with Crippen LogP contribution in [0, 0.1) is 11.8 Å². The predicted molar refractivity (Wildman–Crippen MR) is 170 cm³/mol. The highest BCUT2D eigenvalue weighted by Crippen LogP contribution is 2.40. The van der Waals surface area contributed by atoms with Crippen molar-refractivity contribution < 1.29 is 23.9 Å². The third-order valence-corrected chi connectivity index (χ3v) is 13.1. The molecule has 7 heteroatoms. The van der Waals surface area contributed by atoms with E-state index in [4.69, 9.17) is 9.16 Å². The van der Waals surface area contributed by atoms with Gasteiger partial charge in [-0.25, -0.2) is 0 Å². The fourth-order valence-electron chi connectivity index (χ4n) is 5.05. The molecular weight excluding hydrogens is 530 g/mol. The van der Waals surface area contributed by atoms with E-state index in [0.29, 0.717) is 32.2 Å². The van der Waals surface area contributed by atoms with E-state index < -0.39 is 14.4 Å². The summed E-state index contributed by atoms with van der Waals surface area (Å²) in [5, 5.41) is 13.9. The molecule has 1 fully saturated rings. The Morgan fingerprint density at radius 2 is 1.85 bits per heavy atom. The number of carbonyl (C=O) groups is 2. The number of hydrogen-bond donors (Lipinski definition) is 2. The Kier molecular flexibility index (Phi) is 14.5. The van der Waals surface area contributed by atoms with Crippen molar-refractivity contribution in [2.75, 3.05) is 6.54 Å². The number of aliphatic hydroxyl groups excluding tert-OH is 1. The minimum Gasteiger partial charge on any atom is -0.462 e. The zero-order valence-electron chi connectivity index (χ0n) is 26.5. The van der Waals surface area contributed by atoms with Gasteiger partial charge in [0.25, 0.3) is 0 Å². The van der Waals surface area contributed by atoms with Crippen molar-refractivity contribution in [3.05, 3.63) is 60.2 Å². The molecule has 0 spiro atoms. The maximum Gasteiger partial charge on any atom is 0.305 e. The lowest BCUT2D eigenvalue weighted by Gasteiger charge is -2.39. The van der Waals surface area contributed by atoms with Crippen molar-refractivity contribution in [2.45, 2.75) is 122 Å². The number of aryl methyl sites for hydroxylation is 1. The van der Waals surface area contributed by atoms with Crippen LogP contribution in [0.4, 0.5) is 0 Å².